The number of rotatable bonds is 11. The topological polar surface area (TPSA) is 86.8 Å². The number of carbonyl (C=O) groups is 2. The molecule has 0 heterocycles. The van der Waals surface area contributed by atoms with Crippen LogP contribution >= 0.6 is 11.6 Å². The number of hydrogen-bond acceptors (Lipinski definition) is 4. The molecule has 2 aromatic rings. The highest BCUT2D eigenvalue weighted by Gasteiger charge is 2.31. The maximum absolute atomic E-state index is 13.6. The van der Waals surface area contributed by atoms with Gasteiger partial charge in [-0.05, 0) is 48.1 Å². The minimum atomic E-state index is -3.78. The number of halogens is 1. The molecule has 0 aliphatic heterocycles. The first kappa shape index (κ1) is 28.7. The van der Waals surface area contributed by atoms with Crippen LogP contribution in [-0.2, 0) is 26.2 Å². The zero-order valence-electron chi connectivity index (χ0n) is 21.3. The van der Waals surface area contributed by atoms with Gasteiger partial charge in [-0.25, -0.2) is 8.42 Å². The van der Waals surface area contributed by atoms with E-state index in [1.807, 2.05) is 39.8 Å². The molecule has 7 nitrogen and oxygen atoms in total. The molecule has 0 saturated heterocycles. The zero-order valence-corrected chi connectivity index (χ0v) is 22.9. The van der Waals surface area contributed by atoms with E-state index < -0.39 is 28.5 Å². The van der Waals surface area contributed by atoms with Crippen LogP contribution in [0, 0.1) is 5.92 Å². The third-order valence-corrected chi connectivity index (χ3v) is 7.00. The quantitative estimate of drug-likeness (QED) is 0.474. The van der Waals surface area contributed by atoms with Crippen LogP contribution in [0.1, 0.15) is 51.7 Å². The monoisotopic (exact) mass is 521 g/mol. The molecule has 9 heteroatoms. The molecule has 0 aromatic heterocycles. The van der Waals surface area contributed by atoms with E-state index in [0.29, 0.717) is 17.3 Å². The summed E-state index contributed by atoms with van der Waals surface area (Å²) in [4.78, 5) is 27.9. The second-order valence-corrected chi connectivity index (χ2v) is 11.8. The van der Waals surface area contributed by atoms with Gasteiger partial charge in [-0.2, -0.15) is 0 Å². The second kappa shape index (κ2) is 12.4. The molecule has 0 radical (unpaired) electrons. The number of sulfonamides is 1. The highest BCUT2D eigenvalue weighted by molar-refractivity contribution is 7.92. The molecule has 2 aromatic carbocycles. The summed E-state index contributed by atoms with van der Waals surface area (Å²) in [5.41, 5.74) is 2.05. The Morgan fingerprint density at radius 1 is 0.971 bits per heavy atom. The molecule has 35 heavy (non-hydrogen) atoms. The molecular weight excluding hydrogens is 486 g/mol. The number of hydrogen-bond donors (Lipinski definition) is 1. The molecule has 2 rings (SSSR count). The molecule has 0 spiro atoms. The smallest absolute Gasteiger partial charge is 0.244 e. The van der Waals surface area contributed by atoms with Gasteiger partial charge in [0.05, 0.1) is 11.9 Å². The van der Waals surface area contributed by atoms with Gasteiger partial charge in [-0.1, -0.05) is 69.6 Å². The van der Waals surface area contributed by atoms with E-state index in [1.54, 1.807) is 43.3 Å². The average Bonchev–Trinajstić information content (AvgIpc) is 2.79. The van der Waals surface area contributed by atoms with Crippen molar-refractivity contribution >= 4 is 39.1 Å². The largest absolute Gasteiger partial charge is 0.354 e. The first-order chi connectivity index (χ1) is 16.3. The fourth-order valence-electron chi connectivity index (χ4n) is 3.62. The molecule has 192 valence electrons. The predicted molar refractivity (Wildman–Crippen MR) is 142 cm³/mol. The summed E-state index contributed by atoms with van der Waals surface area (Å²) >= 11 is 6.00. The number of carbonyl (C=O) groups excluding carboxylic acids is 2. The van der Waals surface area contributed by atoms with E-state index in [-0.39, 0.29) is 24.3 Å². The van der Waals surface area contributed by atoms with E-state index in [4.69, 9.17) is 11.6 Å². The fourth-order valence-corrected chi connectivity index (χ4v) is 4.61. The molecule has 0 unspecified atom stereocenters. The highest BCUT2D eigenvalue weighted by Crippen LogP contribution is 2.29. The standard InChI is InChI=1S/C26H36ClN3O4S/c1-18(2)15-28-26(32)20(5)29(16-21-11-13-22(27)14-12-21)25(31)17-30(35(6,33)34)24-10-8-7-9-23(24)19(3)4/h7-14,18-20H,15-17H2,1-6H3,(H,28,32)/t20-/m0/s1. The van der Waals surface area contributed by atoms with Gasteiger partial charge in [0.2, 0.25) is 21.8 Å². The van der Waals surface area contributed by atoms with Crippen molar-refractivity contribution in [3.63, 3.8) is 0 Å². The van der Waals surface area contributed by atoms with Crippen LogP contribution in [-0.4, -0.2) is 50.5 Å². The Balaban J connectivity index is 2.42. The Labute approximate surface area is 214 Å². The summed E-state index contributed by atoms with van der Waals surface area (Å²) in [5, 5.41) is 3.42. The maximum atomic E-state index is 13.6. The molecule has 0 fully saturated rings. The molecule has 0 saturated carbocycles. The number of para-hydroxylation sites is 1. The van der Waals surface area contributed by atoms with Crippen molar-refractivity contribution in [3.05, 3.63) is 64.7 Å². The molecule has 1 atom stereocenters. The van der Waals surface area contributed by atoms with Crippen LogP contribution in [0.15, 0.2) is 48.5 Å². The number of nitrogens with one attached hydrogen (secondary N) is 1. The molecule has 1 N–H and O–H groups in total. The zero-order chi connectivity index (χ0) is 26.3. The van der Waals surface area contributed by atoms with Gasteiger partial charge in [0, 0.05) is 18.1 Å². The van der Waals surface area contributed by atoms with Gasteiger partial charge >= 0.3 is 0 Å². The van der Waals surface area contributed by atoms with Gasteiger partial charge in [0.15, 0.2) is 0 Å². The van der Waals surface area contributed by atoms with E-state index in [1.165, 1.54) is 4.90 Å². The minimum absolute atomic E-state index is 0.0523. The van der Waals surface area contributed by atoms with Crippen LogP contribution < -0.4 is 9.62 Å². The van der Waals surface area contributed by atoms with E-state index in [2.05, 4.69) is 5.32 Å². The fraction of sp³-hybridized carbons (Fsp3) is 0.462. The SMILES string of the molecule is CC(C)CNC(=O)[C@H](C)N(Cc1ccc(Cl)cc1)C(=O)CN(c1ccccc1C(C)C)S(C)(=O)=O. The molecule has 0 bridgehead atoms. The summed E-state index contributed by atoms with van der Waals surface area (Å²) in [6.45, 7) is 9.74. The van der Waals surface area contributed by atoms with E-state index in [0.717, 1.165) is 21.7 Å². The average molecular weight is 522 g/mol. The van der Waals surface area contributed by atoms with Gasteiger partial charge in [-0.3, -0.25) is 13.9 Å². The van der Waals surface area contributed by atoms with E-state index in [9.17, 15) is 18.0 Å². The van der Waals surface area contributed by atoms with Crippen molar-refractivity contribution in [2.24, 2.45) is 5.92 Å². The molecule has 0 aliphatic rings. The van der Waals surface area contributed by atoms with Gasteiger partial charge in [-0.15, -0.1) is 0 Å². The van der Waals surface area contributed by atoms with Gasteiger partial charge < -0.3 is 10.2 Å². The summed E-state index contributed by atoms with van der Waals surface area (Å²) < 4.78 is 26.7. The number of anilines is 1. The lowest BCUT2D eigenvalue weighted by molar-refractivity contribution is -0.139. The number of benzene rings is 2. The van der Waals surface area contributed by atoms with Crippen LogP contribution in [0.25, 0.3) is 0 Å². The third kappa shape index (κ3) is 8.25. The Bertz CT molecular complexity index is 1120. The lowest BCUT2D eigenvalue weighted by atomic mass is 10.0. The highest BCUT2D eigenvalue weighted by atomic mass is 35.5. The van der Waals surface area contributed by atoms with Crippen LogP contribution in [0.5, 0.6) is 0 Å². The summed E-state index contributed by atoms with van der Waals surface area (Å²) in [6, 6.07) is 13.3. The molecule has 0 aliphatic carbocycles. The first-order valence-corrected chi connectivity index (χ1v) is 13.9. The van der Waals surface area contributed by atoms with Crippen molar-refractivity contribution in [2.45, 2.75) is 53.1 Å². The summed E-state index contributed by atoms with van der Waals surface area (Å²) in [5.74, 6) is -0.470. The lowest BCUT2D eigenvalue weighted by Crippen LogP contribution is -2.51. The Kier molecular flexibility index (Phi) is 10.2. The summed E-state index contributed by atoms with van der Waals surface area (Å²) in [7, 11) is -3.78. The Morgan fingerprint density at radius 2 is 1.57 bits per heavy atom. The van der Waals surface area contributed by atoms with Crippen LogP contribution in [0.2, 0.25) is 5.02 Å². The minimum Gasteiger partial charge on any atom is -0.354 e. The lowest BCUT2D eigenvalue weighted by Gasteiger charge is -2.32. The van der Waals surface area contributed by atoms with E-state index >= 15 is 0 Å². The third-order valence-electron chi connectivity index (χ3n) is 5.62. The van der Waals surface area contributed by atoms with Crippen molar-refractivity contribution in [1.29, 1.82) is 0 Å². The normalized spacial score (nSPS) is 12.5. The van der Waals surface area contributed by atoms with Gasteiger partial charge in [0.25, 0.3) is 0 Å². The molecular formula is C26H36ClN3O4S. The predicted octanol–water partition coefficient (Wildman–Crippen LogP) is 4.42. The number of amides is 2. The number of nitrogens with zero attached hydrogens (tertiary/aromatic N) is 2. The first-order valence-electron chi connectivity index (χ1n) is 11.7. The van der Waals surface area contributed by atoms with Crippen molar-refractivity contribution in [1.82, 2.24) is 10.2 Å². The van der Waals surface area contributed by atoms with Crippen molar-refractivity contribution < 1.29 is 18.0 Å². The second-order valence-electron chi connectivity index (χ2n) is 9.45. The van der Waals surface area contributed by atoms with Crippen LogP contribution in [0.3, 0.4) is 0 Å². The molecule has 2 amide bonds. The van der Waals surface area contributed by atoms with Crippen molar-refractivity contribution in [2.75, 3.05) is 23.7 Å². The van der Waals surface area contributed by atoms with Crippen molar-refractivity contribution in [3.8, 4) is 0 Å². The van der Waals surface area contributed by atoms with Gasteiger partial charge in [0.1, 0.15) is 12.6 Å². The Hall–Kier alpha value is -2.58. The summed E-state index contributed by atoms with van der Waals surface area (Å²) in [6.07, 6.45) is 1.08. The maximum Gasteiger partial charge on any atom is 0.244 e. The van der Waals surface area contributed by atoms with Crippen LogP contribution in [0.4, 0.5) is 5.69 Å². The Morgan fingerprint density at radius 3 is 2.11 bits per heavy atom.